The monoisotopic (exact) mass is 410 g/mol. The predicted molar refractivity (Wildman–Crippen MR) is 123 cm³/mol. The van der Waals surface area contributed by atoms with E-state index in [0.29, 0.717) is 6.04 Å². The zero-order valence-corrected chi connectivity index (χ0v) is 18.5. The average Bonchev–Trinajstić information content (AvgIpc) is 2.82. The third kappa shape index (κ3) is 6.31. The molecule has 4 rings (SSSR count). The second-order valence-corrected chi connectivity index (χ2v) is 9.32. The normalized spacial score (nSPS) is 26.7. The van der Waals surface area contributed by atoms with Crippen molar-refractivity contribution in [1.82, 2.24) is 15.1 Å². The van der Waals surface area contributed by atoms with Crippen LogP contribution in [0.5, 0.6) is 0 Å². The molecular weight excluding hydrogens is 372 g/mol. The standard InChI is InChI=1S/C25H38N4O/c30-25-27-24(26-23-12-5-3-6-13-23)14-16-28-17-18-29(25)15-7-2-1-4-9-21-10-8-11-22(19-21)20-28/h8,10-11,19,23H,1-7,9,12-18,20H2,(H,26,27,30). The fourth-order valence-corrected chi connectivity index (χ4v) is 5.06. The van der Waals surface area contributed by atoms with Gasteiger partial charge in [-0.25, -0.2) is 4.79 Å². The molecule has 30 heavy (non-hydrogen) atoms. The van der Waals surface area contributed by atoms with Gasteiger partial charge in [-0.1, -0.05) is 56.4 Å². The van der Waals surface area contributed by atoms with Gasteiger partial charge in [0.15, 0.2) is 0 Å². The van der Waals surface area contributed by atoms with Crippen LogP contribution in [-0.4, -0.2) is 53.9 Å². The smallest absolute Gasteiger partial charge is 0.345 e. The van der Waals surface area contributed by atoms with Crippen LogP contribution in [0.3, 0.4) is 0 Å². The lowest BCUT2D eigenvalue weighted by Crippen LogP contribution is -2.38. The number of amides is 2. The molecular formula is C25H38N4O. The number of carbonyl (C=O) groups excluding carboxylic acids is 1. The number of hydrogen-bond donors (Lipinski definition) is 1. The van der Waals surface area contributed by atoms with E-state index in [4.69, 9.17) is 0 Å². The first-order valence-corrected chi connectivity index (χ1v) is 12.2. The van der Waals surface area contributed by atoms with Crippen LogP contribution in [0.4, 0.5) is 4.79 Å². The highest BCUT2D eigenvalue weighted by atomic mass is 16.2. The highest BCUT2D eigenvalue weighted by molar-refractivity contribution is 5.94. The first kappa shape index (κ1) is 21.4. The SMILES string of the molecule is O=C1/N=C(/NC2CCCCC2)CCN2CCN1CCCCCCc1cccc(c1)C2. The Morgan fingerprint density at radius 2 is 1.63 bits per heavy atom. The third-order valence-corrected chi connectivity index (χ3v) is 6.87. The van der Waals surface area contributed by atoms with Gasteiger partial charge < -0.3 is 10.2 Å². The van der Waals surface area contributed by atoms with E-state index in [2.05, 4.69) is 39.5 Å². The molecule has 5 nitrogen and oxygen atoms in total. The minimum Gasteiger partial charge on any atom is -0.371 e. The number of rotatable bonds is 1. The largest absolute Gasteiger partial charge is 0.371 e. The molecule has 0 radical (unpaired) electrons. The van der Waals surface area contributed by atoms with Crippen LogP contribution in [0.1, 0.15) is 75.3 Å². The van der Waals surface area contributed by atoms with Crippen molar-refractivity contribution in [2.75, 3.05) is 26.2 Å². The van der Waals surface area contributed by atoms with Crippen LogP contribution in [0, 0.1) is 0 Å². The minimum absolute atomic E-state index is 0.0377. The molecule has 1 unspecified atom stereocenters. The summed E-state index contributed by atoms with van der Waals surface area (Å²) in [5, 5.41) is 3.65. The van der Waals surface area contributed by atoms with E-state index in [0.717, 1.165) is 57.8 Å². The number of nitrogens with one attached hydrogen (secondary N) is 1. The van der Waals surface area contributed by atoms with Crippen LogP contribution < -0.4 is 5.32 Å². The molecule has 1 N–H and O–H groups in total. The molecule has 2 heterocycles. The summed E-state index contributed by atoms with van der Waals surface area (Å²) in [6.07, 6.45) is 13.0. The number of carbonyl (C=O) groups is 1. The first-order chi connectivity index (χ1) is 14.8. The van der Waals surface area contributed by atoms with Crippen molar-refractivity contribution >= 4 is 11.9 Å². The highest BCUT2D eigenvalue weighted by Gasteiger charge is 2.21. The molecule has 2 amide bonds. The number of aliphatic imine (C=N–C) groups is 1. The Bertz CT molecular complexity index is 726. The van der Waals surface area contributed by atoms with Crippen molar-refractivity contribution in [1.29, 1.82) is 0 Å². The van der Waals surface area contributed by atoms with Gasteiger partial charge in [0.2, 0.25) is 0 Å². The van der Waals surface area contributed by atoms with Crippen molar-refractivity contribution in [3.8, 4) is 0 Å². The lowest BCUT2D eigenvalue weighted by atomic mass is 9.95. The summed E-state index contributed by atoms with van der Waals surface area (Å²) in [5.41, 5.74) is 2.85. The summed E-state index contributed by atoms with van der Waals surface area (Å²) < 4.78 is 0. The summed E-state index contributed by atoms with van der Waals surface area (Å²) in [5.74, 6) is 0.905. The van der Waals surface area contributed by atoms with Gasteiger partial charge in [0, 0.05) is 45.2 Å². The van der Waals surface area contributed by atoms with Gasteiger partial charge in [0.05, 0.1) is 0 Å². The molecule has 2 aliphatic heterocycles. The molecule has 1 atom stereocenters. The average molecular weight is 411 g/mol. The number of benzene rings is 1. The van der Waals surface area contributed by atoms with Crippen molar-refractivity contribution in [2.24, 2.45) is 4.99 Å². The Balaban J connectivity index is 1.52. The van der Waals surface area contributed by atoms with Crippen molar-refractivity contribution in [3.63, 3.8) is 0 Å². The maximum Gasteiger partial charge on any atom is 0.345 e. The number of aryl methyl sites for hydroxylation is 1. The number of urea groups is 1. The van der Waals surface area contributed by atoms with Crippen LogP contribution in [0.15, 0.2) is 29.3 Å². The van der Waals surface area contributed by atoms with E-state index in [9.17, 15) is 4.79 Å². The number of fused-ring (bicyclic) bond motifs is 5. The van der Waals surface area contributed by atoms with Crippen molar-refractivity contribution < 1.29 is 4.79 Å². The van der Waals surface area contributed by atoms with E-state index in [1.54, 1.807) is 0 Å². The summed E-state index contributed by atoms with van der Waals surface area (Å²) in [6.45, 7) is 4.43. The van der Waals surface area contributed by atoms with Crippen molar-refractivity contribution in [3.05, 3.63) is 35.4 Å². The maximum atomic E-state index is 13.0. The molecule has 3 aliphatic rings. The quantitative estimate of drug-likeness (QED) is 0.727. The summed E-state index contributed by atoms with van der Waals surface area (Å²) in [6, 6.07) is 9.56. The molecule has 1 aromatic carbocycles. The minimum atomic E-state index is -0.0377. The fourth-order valence-electron chi connectivity index (χ4n) is 5.06. The van der Waals surface area contributed by atoms with Gasteiger partial charge in [0.25, 0.3) is 0 Å². The first-order valence-electron chi connectivity index (χ1n) is 12.2. The van der Waals surface area contributed by atoms with E-state index in [1.807, 2.05) is 4.90 Å². The molecule has 164 valence electrons. The second-order valence-electron chi connectivity index (χ2n) is 9.32. The Labute approximate surface area is 181 Å². The van der Waals surface area contributed by atoms with E-state index in [1.165, 1.54) is 62.5 Å². The lowest BCUT2D eigenvalue weighted by Gasteiger charge is -2.26. The molecule has 1 aliphatic carbocycles. The summed E-state index contributed by atoms with van der Waals surface area (Å²) >= 11 is 0. The van der Waals surface area contributed by atoms with Gasteiger partial charge in [-0.15, -0.1) is 0 Å². The van der Waals surface area contributed by atoms with Crippen LogP contribution >= 0.6 is 0 Å². The van der Waals surface area contributed by atoms with Crippen LogP contribution in [0.2, 0.25) is 0 Å². The zero-order chi connectivity index (χ0) is 20.6. The maximum absolute atomic E-state index is 13.0. The van der Waals surface area contributed by atoms with Gasteiger partial charge in [-0.2, -0.15) is 4.99 Å². The second kappa shape index (κ2) is 10.9. The number of nitrogens with zero attached hydrogens (tertiary/aromatic N) is 3. The highest BCUT2D eigenvalue weighted by Crippen LogP contribution is 2.19. The van der Waals surface area contributed by atoms with Crippen molar-refractivity contribution in [2.45, 2.75) is 83.2 Å². The third-order valence-electron chi connectivity index (χ3n) is 6.87. The Morgan fingerprint density at radius 3 is 2.53 bits per heavy atom. The van der Waals surface area contributed by atoms with Gasteiger partial charge in [-0.05, 0) is 43.2 Å². The number of amidine groups is 1. The molecule has 1 aromatic rings. The molecule has 0 saturated heterocycles. The van der Waals surface area contributed by atoms with E-state index in [-0.39, 0.29) is 6.03 Å². The summed E-state index contributed by atoms with van der Waals surface area (Å²) in [7, 11) is 0. The molecule has 0 spiro atoms. The van der Waals surface area contributed by atoms with Gasteiger partial charge >= 0.3 is 6.03 Å². The predicted octanol–water partition coefficient (Wildman–Crippen LogP) is 4.75. The summed E-state index contributed by atoms with van der Waals surface area (Å²) in [4.78, 5) is 22.1. The fraction of sp³-hybridized carbons (Fsp3) is 0.680. The molecule has 0 aromatic heterocycles. The number of hydrogen-bond acceptors (Lipinski definition) is 3. The topological polar surface area (TPSA) is 47.9 Å². The molecule has 1 fully saturated rings. The van der Waals surface area contributed by atoms with Gasteiger partial charge in [-0.3, -0.25) is 4.90 Å². The lowest BCUT2D eigenvalue weighted by molar-refractivity contribution is 0.190. The Morgan fingerprint density at radius 1 is 0.833 bits per heavy atom. The van der Waals surface area contributed by atoms with E-state index >= 15 is 0 Å². The van der Waals surface area contributed by atoms with E-state index < -0.39 is 0 Å². The van der Waals surface area contributed by atoms with Gasteiger partial charge in [0.1, 0.15) is 5.84 Å². The Hall–Kier alpha value is -1.88. The molecule has 4 bridgehead atoms. The zero-order valence-electron chi connectivity index (χ0n) is 18.5. The Kier molecular flexibility index (Phi) is 7.79. The molecule has 5 heteroatoms. The van der Waals surface area contributed by atoms with Crippen LogP contribution in [-0.2, 0) is 13.0 Å². The molecule has 1 saturated carbocycles. The van der Waals surface area contributed by atoms with Crippen LogP contribution in [0.25, 0.3) is 0 Å².